The number of hydrogen-bond donors (Lipinski definition) is 2. The quantitative estimate of drug-likeness (QED) is 0.724. The van der Waals surface area contributed by atoms with Gasteiger partial charge in [-0.05, 0) is 38.3 Å². The molecule has 3 heterocycles. The summed E-state index contributed by atoms with van der Waals surface area (Å²) in [6.45, 7) is 5.97. The van der Waals surface area contributed by atoms with Crippen LogP contribution in [0.5, 0.6) is 11.5 Å². The molecule has 0 unspecified atom stereocenters. The van der Waals surface area contributed by atoms with Gasteiger partial charge in [-0.25, -0.2) is 4.98 Å². The number of piperidine rings is 1. The molecule has 1 amide bonds. The summed E-state index contributed by atoms with van der Waals surface area (Å²) >= 11 is 0. The molecule has 8 heteroatoms. The van der Waals surface area contributed by atoms with Gasteiger partial charge >= 0.3 is 0 Å². The number of carbonyl (C=O) groups is 1. The number of aromatic nitrogens is 2. The van der Waals surface area contributed by atoms with Crippen LogP contribution in [0.1, 0.15) is 35.3 Å². The molecule has 2 aromatic rings. The van der Waals surface area contributed by atoms with Crippen LogP contribution in [0.15, 0.2) is 24.3 Å². The van der Waals surface area contributed by atoms with Gasteiger partial charge in [0.15, 0.2) is 11.5 Å². The first-order valence-corrected chi connectivity index (χ1v) is 10.2. The highest BCUT2D eigenvalue weighted by atomic mass is 16.6. The van der Waals surface area contributed by atoms with Gasteiger partial charge in [-0.2, -0.15) is 4.98 Å². The van der Waals surface area contributed by atoms with E-state index in [-0.39, 0.29) is 5.91 Å². The van der Waals surface area contributed by atoms with E-state index in [1.165, 1.54) is 19.3 Å². The molecule has 0 bridgehead atoms. The molecule has 1 saturated heterocycles. The van der Waals surface area contributed by atoms with Gasteiger partial charge in [0.1, 0.15) is 19.0 Å². The third kappa shape index (κ3) is 4.70. The molecule has 0 aliphatic carbocycles. The SMILES string of the molecule is Cc1cc(N2CCCCC2)nc(NCCNC(=O)c2cccc3c2OCCO3)n1. The fraction of sp³-hybridized carbons (Fsp3) is 0.476. The minimum absolute atomic E-state index is 0.187. The van der Waals surface area contributed by atoms with E-state index in [0.29, 0.717) is 49.3 Å². The average molecular weight is 397 g/mol. The Labute approximate surface area is 170 Å². The summed E-state index contributed by atoms with van der Waals surface area (Å²) in [6.07, 6.45) is 3.69. The number of hydrogen-bond acceptors (Lipinski definition) is 7. The summed E-state index contributed by atoms with van der Waals surface area (Å²) < 4.78 is 11.1. The van der Waals surface area contributed by atoms with Crippen LogP contribution < -0.4 is 25.0 Å². The van der Waals surface area contributed by atoms with E-state index < -0.39 is 0 Å². The van der Waals surface area contributed by atoms with Crippen LogP contribution in [0.4, 0.5) is 11.8 Å². The van der Waals surface area contributed by atoms with Crippen molar-refractivity contribution >= 4 is 17.7 Å². The van der Waals surface area contributed by atoms with Crippen molar-refractivity contribution in [3.05, 3.63) is 35.5 Å². The van der Waals surface area contributed by atoms with Crippen molar-refractivity contribution in [1.29, 1.82) is 0 Å². The van der Waals surface area contributed by atoms with Gasteiger partial charge in [0, 0.05) is 37.9 Å². The fourth-order valence-corrected chi connectivity index (χ4v) is 3.61. The molecule has 0 radical (unpaired) electrons. The molecular formula is C21H27N5O3. The fourth-order valence-electron chi connectivity index (χ4n) is 3.61. The Bertz CT molecular complexity index is 867. The summed E-state index contributed by atoms with van der Waals surface area (Å²) in [5.74, 6) is 2.50. The molecule has 2 aliphatic rings. The van der Waals surface area contributed by atoms with E-state index in [1.54, 1.807) is 12.1 Å². The first kappa shape index (κ1) is 19.3. The molecule has 2 aliphatic heterocycles. The smallest absolute Gasteiger partial charge is 0.255 e. The molecule has 1 aromatic carbocycles. The highest BCUT2D eigenvalue weighted by Gasteiger charge is 2.20. The van der Waals surface area contributed by atoms with Gasteiger partial charge in [0.2, 0.25) is 5.95 Å². The zero-order valence-electron chi connectivity index (χ0n) is 16.7. The summed E-state index contributed by atoms with van der Waals surface area (Å²) in [5, 5.41) is 6.12. The van der Waals surface area contributed by atoms with Crippen molar-refractivity contribution in [2.75, 3.05) is 49.6 Å². The largest absolute Gasteiger partial charge is 0.486 e. The first-order chi connectivity index (χ1) is 14.2. The summed E-state index contributed by atoms with van der Waals surface area (Å²) in [7, 11) is 0. The van der Waals surface area contributed by atoms with Crippen LogP contribution >= 0.6 is 0 Å². The standard InChI is InChI=1S/C21H27N5O3/c1-15-14-18(26-10-3-2-4-11-26)25-21(24-15)23-9-8-22-20(27)16-6-5-7-17-19(16)29-13-12-28-17/h5-7,14H,2-4,8-13H2,1H3,(H,22,27)(H,23,24,25). The summed E-state index contributed by atoms with van der Waals surface area (Å²) in [6, 6.07) is 7.37. The van der Waals surface area contributed by atoms with Gasteiger partial charge in [-0.15, -0.1) is 0 Å². The number of amides is 1. The minimum Gasteiger partial charge on any atom is -0.486 e. The Hall–Kier alpha value is -3.03. The zero-order valence-corrected chi connectivity index (χ0v) is 16.7. The van der Waals surface area contributed by atoms with Gasteiger partial charge in [-0.3, -0.25) is 4.79 Å². The lowest BCUT2D eigenvalue weighted by Gasteiger charge is -2.28. The third-order valence-corrected chi connectivity index (χ3v) is 5.03. The monoisotopic (exact) mass is 397 g/mol. The molecule has 8 nitrogen and oxygen atoms in total. The molecule has 29 heavy (non-hydrogen) atoms. The maximum Gasteiger partial charge on any atom is 0.255 e. The second kappa shape index (κ2) is 8.98. The number of carbonyl (C=O) groups excluding carboxylic acids is 1. The number of benzene rings is 1. The number of nitrogens with zero attached hydrogens (tertiary/aromatic N) is 3. The van der Waals surface area contributed by atoms with E-state index in [1.807, 2.05) is 19.1 Å². The maximum atomic E-state index is 12.5. The van der Waals surface area contributed by atoms with E-state index in [4.69, 9.17) is 9.47 Å². The number of anilines is 2. The number of aryl methyl sites for hydroxylation is 1. The predicted molar refractivity (Wildman–Crippen MR) is 111 cm³/mol. The van der Waals surface area contributed by atoms with E-state index >= 15 is 0 Å². The number of ether oxygens (including phenoxy) is 2. The van der Waals surface area contributed by atoms with Crippen molar-refractivity contribution in [1.82, 2.24) is 15.3 Å². The lowest BCUT2D eigenvalue weighted by molar-refractivity contribution is 0.0944. The second-order valence-corrected chi connectivity index (χ2v) is 7.25. The van der Waals surface area contributed by atoms with Crippen LogP contribution in [0, 0.1) is 6.92 Å². The first-order valence-electron chi connectivity index (χ1n) is 10.2. The Morgan fingerprint density at radius 2 is 1.93 bits per heavy atom. The second-order valence-electron chi connectivity index (χ2n) is 7.25. The number of rotatable bonds is 6. The topological polar surface area (TPSA) is 88.6 Å². The Morgan fingerprint density at radius 1 is 1.10 bits per heavy atom. The van der Waals surface area contributed by atoms with Crippen LogP contribution in [-0.2, 0) is 0 Å². The predicted octanol–water partition coefficient (Wildman–Crippen LogP) is 2.39. The molecule has 1 fully saturated rings. The maximum absolute atomic E-state index is 12.5. The van der Waals surface area contributed by atoms with Crippen LogP contribution in [0.25, 0.3) is 0 Å². The highest BCUT2D eigenvalue weighted by Crippen LogP contribution is 2.33. The van der Waals surface area contributed by atoms with Crippen LogP contribution in [0.3, 0.4) is 0 Å². The Kier molecular flexibility index (Phi) is 5.97. The molecule has 1 aromatic heterocycles. The zero-order chi connectivity index (χ0) is 20.1. The van der Waals surface area contributed by atoms with E-state index in [9.17, 15) is 4.79 Å². The van der Waals surface area contributed by atoms with Crippen molar-refractivity contribution in [3.8, 4) is 11.5 Å². The summed E-state index contributed by atoms with van der Waals surface area (Å²) in [4.78, 5) is 23.9. The molecule has 0 atom stereocenters. The lowest BCUT2D eigenvalue weighted by Crippen LogP contribution is -2.31. The Morgan fingerprint density at radius 3 is 2.79 bits per heavy atom. The normalized spacial score (nSPS) is 15.7. The van der Waals surface area contributed by atoms with Gasteiger partial charge in [0.25, 0.3) is 5.91 Å². The van der Waals surface area contributed by atoms with Crippen LogP contribution in [0.2, 0.25) is 0 Å². The average Bonchev–Trinajstić information content (AvgIpc) is 2.76. The molecule has 4 rings (SSSR count). The van der Waals surface area contributed by atoms with Crippen molar-refractivity contribution in [2.24, 2.45) is 0 Å². The number of nitrogens with one attached hydrogen (secondary N) is 2. The molecule has 154 valence electrons. The Balaban J connectivity index is 1.32. The van der Waals surface area contributed by atoms with Crippen molar-refractivity contribution < 1.29 is 14.3 Å². The molecule has 0 spiro atoms. The van der Waals surface area contributed by atoms with Gasteiger partial charge < -0.3 is 25.0 Å². The summed E-state index contributed by atoms with van der Waals surface area (Å²) in [5.41, 5.74) is 1.42. The minimum atomic E-state index is -0.187. The molecular weight excluding hydrogens is 370 g/mol. The van der Waals surface area contributed by atoms with Crippen LogP contribution in [-0.4, -0.2) is 55.3 Å². The van der Waals surface area contributed by atoms with Crippen molar-refractivity contribution in [2.45, 2.75) is 26.2 Å². The highest BCUT2D eigenvalue weighted by molar-refractivity contribution is 5.97. The van der Waals surface area contributed by atoms with E-state index in [2.05, 4.69) is 25.5 Å². The van der Waals surface area contributed by atoms with E-state index in [0.717, 1.165) is 24.6 Å². The third-order valence-electron chi connectivity index (χ3n) is 5.03. The van der Waals surface area contributed by atoms with Gasteiger partial charge in [0.05, 0.1) is 5.56 Å². The van der Waals surface area contributed by atoms with Gasteiger partial charge in [-0.1, -0.05) is 6.07 Å². The number of fused-ring (bicyclic) bond motifs is 1. The molecule has 2 N–H and O–H groups in total. The number of para-hydroxylation sites is 1. The lowest BCUT2D eigenvalue weighted by atomic mass is 10.1. The molecule has 0 saturated carbocycles. The van der Waals surface area contributed by atoms with Crippen molar-refractivity contribution in [3.63, 3.8) is 0 Å².